The Kier molecular flexibility index (Phi) is 5.27. The summed E-state index contributed by atoms with van der Waals surface area (Å²) in [5.74, 6) is 0. The number of anilines is 1. The minimum atomic E-state index is -0.350. The van der Waals surface area contributed by atoms with Crippen LogP contribution in [0.4, 0.5) is 11.4 Å². The van der Waals surface area contributed by atoms with Crippen LogP contribution in [0, 0.1) is 10.1 Å². The van der Waals surface area contributed by atoms with Crippen LogP contribution in [0.2, 0.25) is 0 Å². The molecule has 0 aliphatic rings. The van der Waals surface area contributed by atoms with Crippen molar-refractivity contribution in [1.82, 2.24) is 4.98 Å². The van der Waals surface area contributed by atoms with Crippen LogP contribution in [0.15, 0.2) is 42.7 Å². The molecule has 0 bridgehead atoms. The van der Waals surface area contributed by atoms with Crippen molar-refractivity contribution in [1.29, 1.82) is 0 Å². The van der Waals surface area contributed by atoms with E-state index in [0.717, 1.165) is 18.7 Å². The quantitative estimate of drug-likeness (QED) is 0.454. The Hall–Kier alpha value is -1.95. The Labute approximate surface area is 131 Å². The van der Waals surface area contributed by atoms with Gasteiger partial charge in [-0.15, -0.1) is 0 Å². The lowest BCUT2D eigenvalue weighted by molar-refractivity contribution is -0.385. The van der Waals surface area contributed by atoms with Gasteiger partial charge >= 0.3 is 0 Å². The van der Waals surface area contributed by atoms with Crippen LogP contribution >= 0.6 is 15.9 Å². The summed E-state index contributed by atoms with van der Waals surface area (Å²) in [6.07, 6.45) is 4.47. The third-order valence-electron chi connectivity index (χ3n) is 3.33. The summed E-state index contributed by atoms with van der Waals surface area (Å²) in [6, 6.07) is 9.20. The lowest BCUT2D eigenvalue weighted by atomic mass is 10.1. The maximum absolute atomic E-state index is 10.9. The van der Waals surface area contributed by atoms with Crippen LogP contribution in [0.5, 0.6) is 0 Å². The zero-order valence-electron chi connectivity index (χ0n) is 11.7. The summed E-state index contributed by atoms with van der Waals surface area (Å²) < 4.78 is 0. The van der Waals surface area contributed by atoms with Crippen LogP contribution in [0.3, 0.4) is 0 Å². The molecule has 1 aromatic heterocycles. The number of halogens is 1. The highest BCUT2D eigenvalue weighted by Crippen LogP contribution is 2.26. The van der Waals surface area contributed by atoms with Gasteiger partial charge in [-0.25, -0.2) is 0 Å². The average Bonchev–Trinajstić information content (AvgIpc) is 2.52. The molecular weight excluding hydrogens is 334 g/mol. The fourth-order valence-corrected chi connectivity index (χ4v) is 2.52. The summed E-state index contributed by atoms with van der Waals surface area (Å²) >= 11 is 3.31. The molecule has 1 heterocycles. The number of hydrogen-bond donors (Lipinski definition) is 0. The molecule has 0 spiro atoms. The molecular formula is C15H16BrN3O2. The van der Waals surface area contributed by atoms with E-state index in [1.165, 1.54) is 5.56 Å². The largest absolute Gasteiger partial charge is 0.374 e. The first kappa shape index (κ1) is 15.4. The molecule has 21 heavy (non-hydrogen) atoms. The van der Waals surface area contributed by atoms with Gasteiger partial charge in [0.25, 0.3) is 5.69 Å². The van der Waals surface area contributed by atoms with Gasteiger partial charge in [0.05, 0.1) is 4.92 Å². The Bertz CT molecular complexity index is 620. The molecule has 110 valence electrons. The molecule has 0 unspecified atom stereocenters. The fraction of sp³-hybridized carbons (Fsp3) is 0.267. The molecule has 0 radical (unpaired) electrons. The zero-order chi connectivity index (χ0) is 15.2. The minimum absolute atomic E-state index is 0.151. The van der Waals surface area contributed by atoms with Crippen LogP contribution in [-0.4, -0.2) is 23.5 Å². The number of rotatable bonds is 6. The topological polar surface area (TPSA) is 59.3 Å². The Morgan fingerprint density at radius 3 is 2.62 bits per heavy atom. The highest BCUT2D eigenvalue weighted by atomic mass is 79.9. The number of nitro benzene ring substituents is 1. The molecule has 0 amide bonds. The summed E-state index contributed by atoms with van der Waals surface area (Å²) in [7, 11) is 1.99. The molecule has 2 rings (SSSR count). The van der Waals surface area contributed by atoms with Gasteiger partial charge in [-0.1, -0.05) is 15.9 Å². The van der Waals surface area contributed by atoms with E-state index in [0.29, 0.717) is 10.9 Å². The lowest BCUT2D eigenvalue weighted by Crippen LogP contribution is -2.20. The minimum Gasteiger partial charge on any atom is -0.374 e. The van der Waals surface area contributed by atoms with E-state index in [4.69, 9.17) is 0 Å². The Morgan fingerprint density at radius 1 is 1.29 bits per heavy atom. The van der Waals surface area contributed by atoms with Gasteiger partial charge in [-0.05, 0) is 36.2 Å². The highest BCUT2D eigenvalue weighted by Gasteiger charge is 2.14. The first-order valence-electron chi connectivity index (χ1n) is 6.55. The fourth-order valence-electron chi connectivity index (χ4n) is 2.07. The predicted octanol–water partition coefficient (Wildman–Crippen LogP) is 3.56. The number of alkyl halides is 1. The number of nitrogens with zero attached hydrogens (tertiary/aromatic N) is 3. The third-order valence-corrected chi connectivity index (χ3v) is 3.93. The average molecular weight is 350 g/mol. The Morgan fingerprint density at radius 2 is 2.00 bits per heavy atom. The molecule has 0 saturated heterocycles. The normalized spacial score (nSPS) is 10.4. The number of benzene rings is 1. The molecule has 0 atom stereocenters. The second kappa shape index (κ2) is 7.17. The van der Waals surface area contributed by atoms with Gasteiger partial charge in [0.1, 0.15) is 0 Å². The Balaban J connectivity index is 2.08. The van der Waals surface area contributed by atoms with Crippen molar-refractivity contribution in [2.24, 2.45) is 0 Å². The number of pyridine rings is 1. The van der Waals surface area contributed by atoms with E-state index in [1.54, 1.807) is 24.5 Å². The van der Waals surface area contributed by atoms with Crippen molar-refractivity contribution in [3.63, 3.8) is 0 Å². The zero-order valence-corrected chi connectivity index (χ0v) is 13.3. The van der Waals surface area contributed by atoms with E-state index >= 15 is 0 Å². The monoisotopic (exact) mass is 349 g/mol. The number of aromatic nitrogens is 1. The third kappa shape index (κ3) is 4.01. The molecule has 0 fully saturated rings. The second-order valence-electron chi connectivity index (χ2n) is 4.73. The van der Waals surface area contributed by atoms with E-state index in [1.807, 2.05) is 25.2 Å². The van der Waals surface area contributed by atoms with Gasteiger partial charge in [-0.3, -0.25) is 15.1 Å². The van der Waals surface area contributed by atoms with Crippen LogP contribution in [-0.2, 0) is 11.8 Å². The molecule has 0 aliphatic heterocycles. The first-order chi connectivity index (χ1) is 10.1. The van der Waals surface area contributed by atoms with E-state index in [9.17, 15) is 10.1 Å². The molecule has 2 aromatic rings. The van der Waals surface area contributed by atoms with Gasteiger partial charge in [0.15, 0.2) is 0 Å². The van der Waals surface area contributed by atoms with Gasteiger partial charge in [0.2, 0.25) is 0 Å². The van der Waals surface area contributed by atoms with E-state index < -0.39 is 0 Å². The number of likely N-dealkylation sites (N-methyl/N-ethyl adjacent to an activating group) is 1. The van der Waals surface area contributed by atoms with Crippen molar-refractivity contribution < 1.29 is 4.92 Å². The van der Waals surface area contributed by atoms with Gasteiger partial charge < -0.3 is 4.90 Å². The van der Waals surface area contributed by atoms with Gasteiger partial charge in [0, 0.05) is 48.6 Å². The summed E-state index contributed by atoms with van der Waals surface area (Å²) in [5, 5.41) is 11.4. The maximum Gasteiger partial charge on any atom is 0.273 e. The SMILES string of the molecule is CN(CCc1ccncc1)c1ccc([N+](=O)[O-])c(CBr)c1. The van der Waals surface area contributed by atoms with Gasteiger partial charge in [-0.2, -0.15) is 0 Å². The van der Waals surface area contributed by atoms with Crippen molar-refractivity contribution in [2.75, 3.05) is 18.5 Å². The van der Waals surface area contributed by atoms with E-state index in [2.05, 4.69) is 25.8 Å². The second-order valence-corrected chi connectivity index (χ2v) is 5.29. The number of hydrogen-bond acceptors (Lipinski definition) is 4. The van der Waals surface area contributed by atoms with Crippen LogP contribution in [0.25, 0.3) is 0 Å². The summed E-state index contributed by atoms with van der Waals surface area (Å²) in [5.41, 5.74) is 3.04. The molecule has 0 saturated carbocycles. The molecule has 5 nitrogen and oxygen atoms in total. The van der Waals surface area contributed by atoms with Crippen LogP contribution in [0.1, 0.15) is 11.1 Å². The summed E-state index contributed by atoms with van der Waals surface area (Å²) in [4.78, 5) is 16.7. The lowest BCUT2D eigenvalue weighted by Gasteiger charge is -2.20. The molecule has 0 N–H and O–H groups in total. The summed E-state index contributed by atoms with van der Waals surface area (Å²) in [6.45, 7) is 0.837. The predicted molar refractivity (Wildman–Crippen MR) is 86.9 cm³/mol. The smallest absolute Gasteiger partial charge is 0.273 e. The first-order valence-corrected chi connectivity index (χ1v) is 7.67. The maximum atomic E-state index is 10.9. The number of nitro groups is 1. The van der Waals surface area contributed by atoms with Crippen LogP contribution < -0.4 is 4.90 Å². The van der Waals surface area contributed by atoms with E-state index in [-0.39, 0.29) is 10.6 Å². The van der Waals surface area contributed by atoms with Crippen molar-refractivity contribution >= 4 is 27.3 Å². The standard InChI is InChI=1S/C15H16BrN3O2/c1-18(9-6-12-4-7-17-8-5-12)14-2-3-15(19(20)21)13(10-14)11-16/h2-5,7-8,10H,6,9,11H2,1H3. The van der Waals surface area contributed by atoms with Crippen molar-refractivity contribution in [3.8, 4) is 0 Å². The van der Waals surface area contributed by atoms with Crippen molar-refractivity contribution in [2.45, 2.75) is 11.8 Å². The highest BCUT2D eigenvalue weighted by molar-refractivity contribution is 9.08. The molecule has 0 aliphatic carbocycles. The van der Waals surface area contributed by atoms with Crippen molar-refractivity contribution in [3.05, 3.63) is 64.0 Å². The molecule has 6 heteroatoms. The molecule has 1 aromatic carbocycles.